The second-order valence-corrected chi connectivity index (χ2v) is 5.87. The minimum absolute atomic E-state index is 0.615. The van der Waals surface area contributed by atoms with E-state index in [1.54, 1.807) is 0 Å². The van der Waals surface area contributed by atoms with Gasteiger partial charge in [0.05, 0.1) is 0 Å². The van der Waals surface area contributed by atoms with Crippen molar-refractivity contribution in [3.63, 3.8) is 0 Å². The number of nitrogens with one attached hydrogen (secondary N) is 1. The molecule has 0 aromatic heterocycles. The Morgan fingerprint density at radius 2 is 1.85 bits per heavy atom. The smallest absolute Gasteiger partial charge is 0.00151 e. The third-order valence-electron chi connectivity index (χ3n) is 4.68. The predicted octanol–water partition coefficient (Wildman–Crippen LogP) is 2.81. The molecule has 0 aromatic rings. The quantitative estimate of drug-likeness (QED) is 0.656. The molecule has 1 saturated carbocycles. The number of rotatable bonds is 1. The summed E-state index contributed by atoms with van der Waals surface area (Å²) >= 11 is 0. The third kappa shape index (κ3) is 1.52. The Balaban J connectivity index is 2.00. The first-order valence-corrected chi connectivity index (χ1v) is 5.77. The molecule has 1 heteroatoms. The summed E-state index contributed by atoms with van der Waals surface area (Å²) in [5.41, 5.74) is 1.26. The normalized spacial score (nSPS) is 44.1. The van der Waals surface area contributed by atoms with Crippen molar-refractivity contribution in [1.29, 1.82) is 0 Å². The molecule has 0 spiro atoms. The van der Waals surface area contributed by atoms with Crippen LogP contribution in [0.3, 0.4) is 0 Å². The van der Waals surface area contributed by atoms with E-state index in [0.29, 0.717) is 10.8 Å². The van der Waals surface area contributed by atoms with Crippen LogP contribution in [-0.4, -0.2) is 13.1 Å². The SMILES string of the molecule is CC1(C)CC1(C)C1CCCCNC1. The summed E-state index contributed by atoms with van der Waals surface area (Å²) in [7, 11) is 0. The van der Waals surface area contributed by atoms with Crippen LogP contribution in [0.4, 0.5) is 0 Å². The van der Waals surface area contributed by atoms with Gasteiger partial charge in [0.2, 0.25) is 0 Å². The predicted molar refractivity (Wildman–Crippen MR) is 56.7 cm³/mol. The van der Waals surface area contributed by atoms with E-state index in [-0.39, 0.29) is 0 Å². The largest absolute Gasteiger partial charge is 0.316 e. The topological polar surface area (TPSA) is 12.0 Å². The van der Waals surface area contributed by atoms with Crippen molar-refractivity contribution < 1.29 is 0 Å². The molecule has 1 aliphatic heterocycles. The van der Waals surface area contributed by atoms with Gasteiger partial charge >= 0.3 is 0 Å². The highest BCUT2D eigenvalue weighted by Crippen LogP contribution is 2.67. The van der Waals surface area contributed by atoms with Crippen LogP contribution in [0.25, 0.3) is 0 Å². The number of hydrogen-bond donors (Lipinski definition) is 1. The first-order chi connectivity index (χ1) is 6.06. The molecule has 1 aliphatic carbocycles. The van der Waals surface area contributed by atoms with Gasteiger partial charge in [-0.1, -0.05) is 27.2 Å². The molecule has 2 atom stereocenters. The summed E-state index contributed by atoms with van der Waals surface area (Å²) in [5.74, 6) is 0.935. The van der Waals surface area contributed by atoms with Gasteiger partial charge < -0.3 is 5.32 Å². The summed E-state index contributed by atoms with van der Waals surface area (Å²) in [6.45, 7) is 9.85. The maximum Gasteiger partial charge on any atom is -0.00151 e. The van der Waals surface area contributed by atoms with E-state index in [9.17, 15) is 0 Å². The van der Waals surface area contributed by atoms with Crippen LogP contribution >= 0.6 is 0 Å². The molecule has 2 rings (SSSR count). The van der Waals surface area contributed by atoms with Gasteiger partial charge in [0.15, 0.2) is 0 Å². The van der Waals surface area contributed by atoms with E-state index in [1.807, 2.05) is 0 Å². The van der Waals surface area contributed by atoms with Crippen LogP contribution in [0.15, 0.2) is 0 Å². The first kappa shape index (κ1) is 9.51. The third-order valence-corrected chi connectivity index (χ3v) is 4.68. The van der Waals surface area contributed by atoms with Crippen molar-refractivity contribution in [2.24, 2.45) is 16.7 Å². The van der Waals surface area contributed by atoms with E-state index < -0.39 is 0 Å². The van der Waals surface area contributed by atoms with Crippen LogP contribution < -0.4 is 5.32 Å². The van der Waals surface area contributed by atoms with Crippen molar-refractivity contribution in [1.82, 2.24) is 5.32 Å². The van der Waals surface area contributed by atoms with E-state index >= 15 is 0 Å². The van der Waals surface area contributed by atoms with Crippen LogP contribution in [0.2, 0.25) is 0 Å². The Morgan fingerprint density at radius 1 is 1.15 bits per heavy atom. The Morgan fingerprint density at radius 3 is 2.46 bits per heavy atom. The van der Waals surface area contributed by atoms with Gasteiger partial charge in [-0.15, -0.1) is 0 Å². The van der Waals surface area contributed by atoms with E-state index in [4.69, 9.17) is 0 Å². The highest BCUT2D eigenvalue weighted by atomic mass is 14.9. The molecule has 1 nitrogen and oxygen atoms in total. The summed E-state index contributed by atoms with van der Waals surface area (Å²) in [4.78, 5) is 0. The Bertz CT molecular complexity index is 189. The zero-order valence-electron chi connectivity index (χ0n) is 9.32. The maximum atomic E-state index is 3.58. The van der Waals surface area contributed by atoms with Gasteiger partial charge in [0.25, 0.3) is 0 Å². The van der Waals surface area contributed by atoms with Crippen molar-refractivity contribution in [3.05, 3.63) is 0 Å². The molecule has 2 unspecified atom stereocenters. The standard InChI is InChI=1S/C12H23N/c1-11(2)9-12(11,3)10-6-4-5-7-13-8-10/h10,13H,4-9H2,1-3H3. The van der Waals surface area contributed by atoms with Gasteiger partial charge in [-0.2, -0.15) is 0 Å². The minimum atomic E-state index is 0.615. The summed E-state index contributed by atoms with van der Waals surface area (Å²) < 4.78 is 0. The lowest BCUT2D eigenvalue weighted by Gasteiger charge is -2.25. The fourth-order valence-corrected chi connectivity index (χ4v) is 3.13. The lowest BCUT2D eigenvalue weighted by atomic mass is 9.81. The minimum Gasteiger partial charge on any atom is -0.316 e. The first-order valence-electron chi connectivity index (χ1n) is 5.77. The van der Waals surface area contributed by atoms with Crippen molar-refractivity contribution >= 4 is 0 Å². The highest BCUT2D eigenvalue weighted by molar-refractivity contribution is 5.10. The van der Waals surface area contributed by atoms with Gasteiger partial charge in [-0.25, -0.2) is 0 Å². The van der Waals surface area contributed by atoms with Gasteiger partial charge in [0.1, 0.15) is 0 Å². The molecule has 1 heterocycles. The van der Waals surface area contributed by atoms with Crippen LogP contribution in [0.5, 0.6) is 0 Å². The summed E-state index contributed by atoms with van der Waals surface area (Å²) in [5, 5.41) is 3.58. The molecule has 1 saturated heterocycles. The lowest BCUT2D eigenvalue weighted by Crippen LogP contribution is -2.28. The van der Waals surface area contributed by atoms with E-state index in [1.165, 1.54) is 38.8 Å². The molecular formula is C12H23N. The molecule has 0 radical (unpaired) electrons. The van der Waals surface area contributed by atoms with Crippen LogP contribution in [-0.2, 0) is 0 Å². The van der Waals surface area contributed by atoms with Crippen molar-refractivity contribution in [2.75, 3.05) is 13.1 Å². The van der Waals surface area contributed by atoms with Gasteiger partial charge in [0, 0.05) is 0 Å². The molecule has 0 aromatic carbocycles. The Kier molecular flexibility index (Phi) is 2.18. The molecule has 0 amide bonds. The van der Waals surface area contributed by atoms with Crippen LogP contribution in [0, 0.1) is 16.7 Å². The molecule has 13 heavy (non-hydrogen) atoms. The monoisotopic (exact) mass is 181 g/mol. The summed E-state index contributed by atoms with van der Waals surface area (Å²) in [6, 6.07) is 0. The molecule has 76 valence electrons. The van der Waals surface area contributed by atoms with E-state index in [0.717, 1.165) is 5.92 Å². The fraction of sp³-hybridized carbons (Fsp3) is 1.00. The lowest BCUT2D eigenvalue weighted by molar-refractivity contribution is 0.253. The zero-order chi connectivity index (χ0) is 9.53. The molecule has 2 aliphatic rings. The average molecular weight is 181 g/mol. The zero-order valence-corrected chi connectivity index (χ0v) is 9.32. The van der Waals surface area contributed by atoms with Crippen molar-refractivity contribution in [2.45, 2.75) is 46.5 Å². The molecule has 1 N–H and O–H groups in total. The average Bonchev–Trinajstić information content (AvgIpc) is 2.66. The van der Waals surface area contributed by atoms with Gasteiger partial charge in [-0.3, -0.25) is 0 Å². The Hall–Kier alpha value is -0.0400. The highest BCUT2D eigenvalue weighted by Gasteiger charge is 2.60. The van der Waals surface area contributed by atoms with E-state index in [2.05, 4.69) is 26.1 Å². The van der Waals surface area contributed by atoms with Crippen LogP contribution in [0.1, 0.15) is 46.5 Å². The van der Waals surface area contributed by atoms with Crippen molar-refractivity contribution in [3.8, 4) is 0 Å². The number of hydrogen-bond acceptors (Lipinski definition) is 1. The second-order valence-electron chi connectivity index (χ2n) is 5.87. The maximum absolute atomic E-state index is 3.58. The fourth-order valence-electron chi connectivity index (χ4n) is 3.13. The second kappa shape index (κ2) is 2.98. The summed E-state index contributed by atoms with van der Waals surface area (Å²) in [6.07, 6.45) is 5.70. The molecular weight excluding hydrogens is 158 g/mol. The van der Waals surface area contributed by atoms with Gasteiger partial charge in [-0.05, 0) is 49.1 Å². The molecule has 0 bridgehead atoms. The Labute approximate surface area is 82.3 Å². The molecule has 2 fully saturated rings.